The van der Waals surface area contributed by atoms with Crippen molar-refractivity contribution >= 4 is 17.8 Å². The lowest BCUT2D eigenvalue weighted by atomic mass is 9.92. The predicted octanol–water partition coefficient (Wildman–Crippen LogP) is 3.71. The summed E-state index contributed by atoms with van der Waals surface area (Å²) in [6, 6.07) is 1.71. The Labute approximate surface area is 163 Å². The first-order valence-electron chi connectivity index (χ1n) is 9.83. The molecular weight excluding hydrogens is 342 g/mol. The average Bonchev–Trinajstić information content (AvgIpc) is 2.97. The second-order valence-electron chi connectivity index (χ2n) is 8.90. The molecule has 0 spiro atoms. The Morgan fingerprint density at radius 2 is 1.78 bits per heavy atom. The van der Waals surface area contributed by atoms with E-state index < -0.39 is 0 Å². The van der Waals surface area contributed by atoms with Crippen LogP contribution in [0.25, 0.3) is 0 Å². The number of likely N-dealkylation sites (N-methyl/N-ethyl adjacent to an activating group) is 1. The fourth-order valence-electron chi connectivity index (χ4n) is 2.51. The Hall–Kier alpha value is -2.05. The topological polar surface area (TPSA) is 79.3 Å². The van der Waals surface area contributed by atoms with Gasteiger partial charge in [-0.25, -0.2) is 9.48 Å². The highest BCUT2D eigenvalue weighted by atomic mass is 16.2. The van der Waals surface area contributed by atoms with Gasteiger partial charge in [-0.15, -0.1) is 0 Å². The van der Waals surface area contributed by atoms with E-state index in [1.54, 1.807) is 0 Å². The third-order valence-electron chi connectivity index (χ3n) is 4.19. The lowest BCUT2D eigenvalue weighted by Gasteiger charge is -2.24. The first kappa shape index (κ1) is 23.0. The second-order valence-corrected chi connectivity index (χ2v) is 8.90. The molecule has 27 heavy (non-hydrogen) atoms. The van der Waals surface area contributed by atoms with Crippen molar-refractivity contribution < 1.29 is 9.59 Å². The van der Waals surface area contributed by atoms with Crippen LogP contribution in [0.1, 0.15) is 73.9 Å². The van der Waals surface area contributed by atoms with Gasteiger partial charge in [-0.05, 0) is 34.1 Å². The van der Waals surface area contributed by atoms with Gasteiger partial charge < -0.3 is 15.5 Å². The number of anilines is 1. The molecule has 3 amide bonds. The van der Waals surface area contributed by atoms with Crippen LogP contribution in [0.3, 0.4) is 0 Å². The molecule has 0 aliphatic carbocycles. The molecule has 0 bridgehead atoms. The molecule has 7 nitrogen and oxygen atoms in total. The van der Waals surface area contributed by atoms with Gasteiger partial charge in [0.2, 0.25) is 5.91 Å². The zero-order valence-corrected chi connectivity index (χ0v) is 18.3. The molecule has 0 fully saturated rings. The standard InChI is InChI=1S/C20H37N5O2/c1-9-11-12-21-18(27)24(10-2)14-17(26)22-16-13-15(19(3,4)5)23-25(16)20(6,7)8/h13H,9-12,14H2,1-8H3,(H,21,27)(H,22,26). The molecule has 0 saturated carbocycles. The maximum absolute atomic E-state index is 12.6. The first-order chi connectivity index (χ1) is 12.4. The third kappa shape index (κ3) is 6.88. The quantitative estimate of drug-likeness (QED) is 0.709. The van der Waals surface area contributed by atoms with E-state index in [-0.39, 0.29) is 29.4 Å². The molecular formula is C20H37N5O2. The number of hydrogen-bond donors (Lipinski definition) is 2. The molecule has 2 N–H and O–H groups in total. The SMILES string of the molecule is CCCCNC(=O)N(CC)CC(=O)Nc1cc(C(C)(C)C)nn1C(C)(C)C. The number of carbonyl (C=O) groups is 2. The van der Waals surface area contributed by atoms with Gasteiger partial charge in [-0.3, -0.25) is 4.79 Å². The summed E-state index contributed by atoms with van der Waals surface area (Å²) in [5.41, 5.74) is 0.524. The largest absolute Gasteiger partial charge is 0.338 e. The summed E-state index contributed by atoms with van der Waals surface area (Å²) in [5.74, 6) is 0.424. The highest BCUT2D eigenvalue weighted by molar-refractivity contribution is 5.93. The van der Waals surface area contributed by atoms with Crippen LogP contribution in [-0.2, 0) is 15.7 Å². The summed E-state index contributed by atoms with van der Waals surface area (Å²) in [6.07, 6.45) is 1.94. The minimum absolute atomic E-state index is 0.00856. The van der Waals surface area contributed by atoms with Crippen LogP contribution in [0.15, 0.2) is 6.07 Å². The van der Waals surface area contributed by atoms with Crippen LogP contribution in [-0.4, -0.2) is 46.3 Å². The van der Waals surface area contributed by atoms with E-state index in [2.05, 4.69) is 38.3 Å². The number of amides is 3. The fourth-order valence-corrected chi connectivity index (χ4v) is 2.51. The van der Waals surface area contributed by atoms with Crippen LogP contribution < -0.4 is 10.6 Å². The number of hydrogen-bond acceptors (Lipinski definition) is 3. The number of urea groups is 1. The van der Waals surface area contributed by atoms with Crippen molar-refractivity contribution in [1.29, 1.82) is 0 Å². The van der Waals surface area contributed by atoms with E-state index >= 15 is 0 Å². The van der Waals surface area contributed by atoms with Gasteiger partial charge >= 0.3 is 6.03 Å². The molecule has 1 heterocycles. The molecule has 1 rings (SSSR count). The van der Waals surface area contributed by atoms with Crippen LogP contribution >= 0.6 is 0 Å². The van der Waals surface area contributed by atoms with Gasteiger partial charge in [-0.2, -0.15) is 5.10 Å². The zero-order chi connectivity index (χ0) is 20.8. The smallest absolute Gasteiger partial charge is 0.317 e. The Bertz CT molecular complexity index is 638. The van der Waals surface area contributed by atoms with E-state index in [1.165, 1.54) is 4.90 Å². The highest BCUT2D eigenvalue weighted by Crippen LogP contribution is 2.28. The van der Waals surface area contributed by atoms with Gasteiger partial charge in [0.1, 0.15) is 12.4 Å². The predicted molar refractivity (Wildman–Crippen MR) is 110 cm³/mol. The van der Waals surface area contributed by atoms with Crippen molar-refractivity contribution in [1.82, 2.24) is 20.0 Å². The van der Waals surface area contributed by atoms with Crippen LogP contribution in [0.2, 0.25) is 0 Å². The number of aromatic nitrogens is 2. The van der Waals surface area contributed by atoms with Gasteiger partial charge in [-0.1, -0.05) is 34.1 Å². The lowest BCUT2D eigenvalue weighted by molar-refractivity contribution is -0.116. The van der Waals surface area contributed by atoms with E-state index in [0.717, 1.165) is 18.5 Å². The van der Waals surface area contributed by atoms with Crippen molar-refractivity contribution in [3.63, 3.8) is 0 Å². The monoisotopic (exact) mass is 379 g/mol. The van der Waals surface area contributed by atoms with Crippen molar-refractivity contribution in [2.75, 3.05) is 25.0 Å². The van der Waals surface area contributed by atoms with Crippen molar-refractivity contribution in [2.24, 2.45) is 0 Å². The number of carbonyl (C=O) groups excluding carboxylic acids is 2. The van der Waals surface area contributed by atoms with Crippen LogP contribution in [0.5, 0.6) is 0 Å². The van der Waals surface area contributed by atoms with Crippen LogP contribution in [0.4, 0.5) is 10.6 Å². The maximum atomic E-state index is 12.6. The Balaban J connectivity index is 2.89. The van der Waals surface area contributed by atoms with E-state index in [4.69, 9.17) is 5.10 Å². The summed E-state index contributed by atoms with van der Waals surface area (Å²) in [7, 11) is 0. The Morgan fingerprint density at radius 3 is 2.26 bits per heavy atom. The molecule has 0 aliphatic rings. The molecule has 1 aromatic heterocycles. The zero-order valence-electron chi connectivity index (χ0n) is 18.3. The molecule has 0 unspecified atom stereocenters. The van der Waals surface area contributed by atoms with E-state index in [1.807, 2.05) is 38.4 Å². The Morgan fingerprint density at radius 1 is 1.15 bits per heavy atom. The second kappa shape index (κ2) is 9.24. The number of rotatable bonds is 7. The lowest BCUT2D eigenvalue weighted by Crippen LogP contribution is -2.44. The van der Waals surface area contributed by atoms with Gasteiger partial charge in [0.05, 0.1) is 11.2 Å². The number of nitrogens with zero attached hydrogens (tertiary/aromatic N) is 3. The van der Waals surface area contributed by atoms with Gasteiger partial charge in [0.15, 0.2) is 0 Å². The summed E-state index contributed by atoms with van der Waals surface area (Å²) in [4.78, 5) is 26.3. The fraction of sp³-hybridized carbons (Fsp3) is 0.750. The molecule has 7 heteroatoms. The van der Waals surface area contributed by atoms with Crippen molar-refractivity contribution in [3.8, 4) is 0 Å². The van der Waals surface area contributed by atoms with Gasteiger partial charge in [0.25, 0.3) is 0 Å². The number of nitrogens with one attached hydrogen (secondary N) is 2. The first-order valence-corrected chi connectivity index (χ1v) is 9.83. The summed E-state index contributed by atoms with van der Waals surface area (Å²) in [6.45, 7) is 17.4. The van der Waals surface area contributed by atoms with Crippen molar-refractivity contribution in [2.45, 2.75) is 79.2 Å². The minimum Gasteiger partial charge on any atom is -0.338 e. The third-order valence-corrected chi connectivity index (χ3v) is 4.19. The summed E-state index contributed by atoms with van der Waals surface area (Å²) < 4.78 is 1.84. The molecule has 0 aromatic carbocycles. The average molecular weight is 380 g/mol. The molecule has 0 radical (unpaired) electrons. The maximum Gasteiger partial charge on any atom is 0.317 e. The minimum atomic E-state index is -0.270. The van der Waals surface area contributed by atoms with Gasteiger partial charge in [0, 0.05) is 24.6 Å². The summed E-state index contributed by atoms with van der Waals surface area (Å²) >= 11 is 0. The summed E-state index contributed by atoms with van der Waals surface area (Å²) in [5, 5.41) is 10.5. The molecule has 154 valence electrons. The highest BCUT2D eigenvalue weighted by Gasteiger charge is 2.26. The molecule has 0 saturated heterocycles. The molecule has 0 aliphatic heterocycles. The van der Waals surface area contributed by atoms with E-state index in [0.29, 0.717) is 18.9 Å². The Kier molecular flexibility index (Phi) is 7.87. The molecule has 0 atom stereocenters. The van der Waals surface area contributed by atoms with E-state index in [9.17, 15) is 9.59 Å². The molecule has 1 aromatic rings. The normalized spacial score (nSPS) is 12.0. The van der Waals surface area contributed by atoms with Crippen molar-refractivity contribution in [3.05, 3.63) is 11.8 Å². The van der Waals surface area contributed by atoms with Crippen LogP contribution in [0, 0.1) is 0 Å². The number of unbranched alkanes of at least 4 members (excludes halogenated alkanes) is 1.